The van der Waals surface area contributed by atoms with Crippen molar-refractivity contribution in [2.24, 2.45) is 0 Å². The summed E-state index contributed by atoms with van der Waals surface area (Å²) in [5.41, 5.74) is 7.97. The number of nitrogens with two attached hydrogens (primary N) is 1. The average Bonchev–Trinajstić information content (AvgIpc) is 3.17. The Labute approximate surface area is 140 Å². The molecule has 122 valence electrons. The van der Waals surface area contributed by atoms with Gasteiger partial charge >= 0.3 is 0 Å². The maximum Gasteiger partial charge on any atom is 0.266 e. The molecule has 1 fully saturated rings. The maximum absolute atomic E-state index is 12.8. The van der Waals surface area contributed by atoms with Crippen molar-refractivity contribution in [2.75, 3.05) is 18.9 Å². The van der Waals surface area contributed by atoms with Crippen molar-refractivity contribution in [2.45, 2.75) is 32.4 Å². The summed E-state index contributed by atoms with van der Waals surface area (Å²) in [5.74, 6) is -0.0313. The Morgan fingerprint density at radius 3 is 3.04 bits per heavy atom. The minimum atomic E-state index is -0.0313. The van der Waals surface area contributed by atoms with Crippen molar-refractivity contribution in [3.63, 3.8) is 0 Å². The predicted molar refractivity (Wildman–Crippen MR) is 91.4 cm³/mol. The summed E-state index contributed by atoms with van der Waals surface area (Å²) in [6.07, 6.45) is 3.74. The number of hydrogen-bond donors (Lipinski definition) is 1. The van der Waals surface area contributed by atoms with Gasteiger partial charge in [0.25, 0.3) is 5.91 Å². The first kappa shape index (κ1) is 16.0. The molecule has 1 saturated heterocycles. The van der Waals surface area contributed by atoms with Crippen LogP contribution >= 0.6 is 11.3 Å². The minimum Gasteiger partial charge on any atom is -0.376 e. The molecule has 0 bridgehead atoms. The number of nitrogens with zero attached hydrogens (tertiary/aromatic N) is 2. The fourth-order valence-electron chi connectivity index (χ4n) is 2.83. The van der Waals surface area contributed by atoms with E-state index in [-0.39, 0.29) is 12.0 Å². The van der Waals surface area contributed by atoms with Crippen LogP contribution in [0, 0.1) is 6.92 Å². The highest BCUT2D eigenvalue weighted by Gasteiger charge is 2.24. The summed E-state index contributed by atoms with van der Waals surface area (Å²) in [7, 11) is 0. The monoisotopic (exact) mass is 331 g/mol. The molecule has 23 heavy (non-hydrogen) atoms. The summed E-state index contributed by atoms with van der Waals surface area (Å²) in [4.78, 5) is 19.2. The largest absolute Gasteiger partial charge is 0.376 e. The Hall–Kier alpha value is -1.92. The number of hydrogen-bond acceptors (Lipinski definition) is 5. The fourth-order valence-corrected chi connectivity index (χ4v) is 3.48. The van der Waals surface area contributed by atoms with Gasteiger partial charge in [0.15, 0.2) is 5.13 Å². The van der Waals surface area contributed by atoms with Crippen molar-refractivity contribution in [3.8, 4) is 0 Å². The van der Waals surface area contributed by atoms with Crippen molar-refractivity contribution in [3.05, 3.63) is 46.5 Å². The first-order chi connectivity index (χ1) is 11.1. The van der Waals surface area contributed by atoms with Crippen molar-refractivity contribution in [1.82, 2.24) is 9.88 Å². The smallest absolute Gasteiger partial charge is 0.266 e. The lowest BCUT2D eigenvalue weighted by atomic mass is 10.1. The summed E-state index contributed by atoms with van der Waals surface area (Å²) < 4.78 is 5.71. The van der Waals surface area contributed by atoms with E-state index in [1.54, 1.807) is 6.20 Å². The Kier molecular flexibility index (Phi) is 4.93. The number of anilines is 1. The third-order valence-corrected chi connectivity index (χ3v) is 4.74. The van der Waals surface area contributed by atoms with E-state index in [2.05, 4.69) is 24.0 Å². The number of nitrogen functional groups attached to an aromatic ring is 1. The van der Waals surface area contributed by atoms with Gasteiger partial charge in [-0.05, 0) is 25.3 Å². The second-order valence-electron chi connectivity index (χ2n) is 5.87. The van der Waals surface area contributed by atoms with Crippen LogP contribution in [0.15, 0.2) is 30.5 Å². The Morgan fingerprint density at radius 2 is 2.39 bits per heavy atom. The number of amides is 1. The summed E-state index contributed by atoms with van der Waals surface area (Å²) in [5, 5.41) is 0.418. The Bertz CT molecular complexity index is 680. The van der Waals surface area contributed by atoms with Gasteiger partial charge in [0, 0.05) is 19.7 Å². The number of carbonyl (C=O) groups excluding carboxylic acids is 1. The predicted octanol–water partition coefficient (Wildman–Crippen LogP) is 2.86. The van der Waals surface area contributed by atoms with Crippen LogP contribution in [0.4, 0.5) is 5.13 Å². The molecule has 1 amide bonds. The zero-order valence-electron chi connectivity index (χ0n) is 13.2. The Balaban J connectivity index is 1.78. The first-order valence-electron chi connectivity index (χ1n) is 7.79. The molecular weight excluding hydrogens is 310 g/mol. The molecule has 2 aromatic rings. The summed E-state index contributed by atoms with van der Waals surface area (Å²) in [6, 6.07) is 8.23. The number of thiazole rings is 1. The maximum atomic E-state index is 12.8. The van der Waals surface area contributed by atoms with Crippen LogP contribution in [0.25, 0.3) is 0 Å². The highest BCUT2D eigenvalue weighted by Crippen LogP contribution is 2.21. The van der Waals surface area contributed by atoms with Gasteiger partial charge in [0.05, 0.1) is 12.3 Å². The second-order valence-corrected chi connectivity index (χ2v) is 6.93. The molecular formula is C17H21N3O2S. The average molecular weight is 331 g/mol. The molecule has 2 N–H and O–H groups in total. The quantitative estimate of drug-likeness (QED) is 0.915. The van der Waals surface area contributed by atoms with Gasteiger partial charge < -0.3 is 15.4 Å². The van der Waals surface area contributed by atoms with Crippen molar-refractivity contribution >= 4 is 22.4 Å². The van der Waals surface area contributed by atoms with Crippen LogP contribution in [-0.2, 0) is 11.3 Å². The van der Waals surface area contributed by atoms with Gasteiger partial charge in [-0.15, -0.1) is 0 Å². The van der Waals surface area contributed by atoms with Crippen LogP contribution in [0.1, 0.15) is 33.6 Å². The molecule has 1 aromatic heterocycles. The van der Waals surface area contributed by atoms with E-state index < -0.39 is 0 Å². The third-order valence-electron chi connectivity index (χ3n) is 3.93. The van der Waals surface area contributed by atoms with Gasteiger partial charge in [-0.3, -0.25) is 4.79 Å². The normalized spacial score (nSPS) is 17.3. The van der Waals surface area contributed by atoms with Crippen LogP contribution in [0.5, 0.6) is 0 Å². The molecule has 1 unspecified atom stereocenters. The second kappa shape index (κ2) is 7.10. The molecule has 3 rings (SSSR count). The molecule has 2 heterocycles. The molecule has 1 aliphatic rings. The molecule has 0 radical (unpaired) electrons. The number of aromatic nitrogens is 1. The van der Waals surface area contributed by atoms with Crippen LogP contribution in [0.3, 0.4) is 0 Å². The zero-order valence-corrected chi connectivity index (χ0v) is 14.0. The molecule has 1 aromatic carbocycles. The lowest BCUT2D eigenvalue weighted by molar-refractivity contribution is 0.0510. The van der Waals surface area contributed by atoms with Gasteiger partial charge in [0.1, 0.15) is 4.88 Å². The minimum absolute atomic E-state index is 0.0313. The van der Waals surface area contributed by atoms with E-state index in [1.807, 2.05) is 17.0 Å². The molecule has 0 saturated carbocycles. The van der Waals surface area contributed by atoms with Crippen molar-refractivity contribution in [1.29, 1.82) is 0 Å². The summed E-state index contributed by atoms with van der Waals surface area (Å²) >= 11 is 1.23. The topological polar surface area (TPSA) is 68.5 Å². The Morgan fingerprint density at radius 1 is 1.52 bits per heavy atom. The molecule has 1 aliphatic heterocycles. The van der Waals surface area contributed by atoms with E-state index in [4.69, 9.17) is 10.5 Å². The SMILES string of the molecule is Cc1cccc(CN(CC2CCCO2)C(=O)c2cnc(N)s2)c1. The van der Waals surface area contributed by atoms with Crippen LogP contribution in [-0.4, -0.2) is 35.0 Å². The van der Waals surface area contributed by atoms with Crippen LogP contribution < -0.4 is 5.73 Å². The van der Waals surface area contributed by atoms with Crippen LogP contribution in [0.2, 0.25) is 0 Å². The number of carbonyl (C=O) groups is 1. The van der Waals surface area contributed by atoms with E-state index in [0.29, 0.717) is 23.1 Å². The highest BCUT2D eigenvalue weighted by atomic mass is 32.1. The van der Waals surface area contributed by atoms with E-state index in [1.165, 1.54) is 16.9 Å². The molecule has 5 nitrogen and oxygen atoms in total. The lowest BCUT2D eigenvalue weighted by Gasteiger charge is -2.25. The lowest BCUT2D eigenvalue weighted by Crippen LogP contribution is -2.36. The summed E-state index contributed by atoms with van der Waals surface area (Å²) in [6.45, 7) is 4.01. The number of rotatable bonds is 5. The molecule has 1 atom stereocenters. The van der Waals surface area contributed by atoms with E-state index in [0.717, 1.165) is 25.0 Å². The molecule has 0 aliphatic carbocycles. The van der Waals surface area contributed by atoms with Gasteiger partial charge in [-0.2, -0.15) is 0 Å². The zero-order chi connectivity index (χ0) is 16.2. The first-order valence-corrected chi connectivity index (χ1v) is 8.61. The van der Waals surface area contributed by atoms with Gasteiger partial charge in [-0.25, -0.2) is 4.98 Å². The van der Waals surface area contributed by atoms with Crippen molar-refractivity contribution < 1.29 is 9.53 Å². The fraction of sp³-hybridized carbons (Fsp3) is 0.412. The van der Waals surface area contributed by atoms with Gasteiger partial charge in [-0.1, -0.05) is 41.2 Å². The number of aryl methyl sites for hydroxylation is 1. The molecule has 0 spiro atoms. The van der Waals surface area contributed by atoms with E-state index in [9.17, 15) is 4.79 Å². The van der Waals surface area contributed by atoms with E-state index >= 15 is 0 Å². The number of benzene rings is 1. The third kappa shape index (κ3) is 4.09. The standard InChI is InChI=1S/C17H21N3O2S/c1-12-4-2-5-13(8-12)10-20(11-14-6-3-7-22-14)16(21)15-9-19-17(18)23-15/h2,4-5,8-9,14H,3,6-7,10-11H2,1H3,(H2,18,19). The number of ether oxygens (including phenoxy) is 1. The highest BCUT2D eigenvalue weighted by molar-refractivity contribution is 7.17. The molecule has 6 heteroatoms. The van der Waals surface area contributed by atoms with Gasteiger partial charge in [0.2, 0.25) is 0 Å².